The van der Waals surface area contributed by atoms with Gasteiger partial charge in [0.05, 0.1) is 6.42 Å². The van der Waals surface area contributed by atoms with Crippen molar-refractivity contribution in [3.8, 4) is 11.3 Å². The maximum atomic E-state index is 11.7. The van der Waals surface area contributed by atoms with Crippen LogP contribution in [0.2, 0.25) is 0 Å². The van der Waals surface area contributed by atoms with Crippen LogP contribution in [-0.4, -0.2) is 21.4 Å². The fourth-order valence-electron chi connectivity index (χ4n) is 2.35. The number of aromatic nitrogens is 1. The predicted octanol–water partition coefficient (Wildman–Crippen LogP) is 3.14. The molecule has 0 saturated carbocycles. The quantitative estimate of drug-likeness (QED) is 0.850. The number of benzene rings is 1. The Labute approximate surface area is 117 Å². The van der Waals surface area contributed by atoms with Gasteiger partial charge in [-0.2, -0.15) is 0 Å². The Morgan fingerprint density at radius 2 is 1.85 bits per heavy atom. The summed E-state index contributed by atoms with van der Waals surface area (Å²) < 4.78 is 1.90. The van der Waals surface area contributed by atoms with Gasteiger partial charge in [0.1, 0.15) is 0 Å². The van der Waals surface area contributed by atoms with E-state index < -0.39 is 5.97 Å². The molecule has 0 spiro atoms. The molecule has 104 valence electrons. The molecule has 0 bridgehead atoms. The van der Waals surface area contributed by atoms with E-state index >= 15 is 0 Å². The third kappa shape index (κ3) is 2.79. The van der Waals surface area contributed by atoms with Crippen LogP contribution in [-0.2, 0) is 11.3 Å². The van der Waals surface area contributed by atoms with Crippen LogP contribution in [0.1, 0.15) is 29.4 Å². The molecule has 4 nitrogen and oxygen atoms in total. The Morgan fingerprint density at radius 1 is 1.20 bits per heavy atom. The van der Waals surface area contributed by atoms with Gasteiger partial charge in [0.2, 0.25) is 0 Å². The van der Waals surface area contributed by atoms with Gasteiger partial charge in [-0.15, -0.1) is 0 Å². The van der Waals surface area contributed by atoms with Gasteiger partial charge in [-0.25, -0.2) is 0 Å². The molecule has 2 aromatic rings. The lowest BCUT2D eigenvalue weighted by molar-refractivity contribution is -0.137. The zero-order valence-corrected chi connectivity index (χ0v) is 11.6. The molecule has 1 heterocycles. The maximum Gasteiger partial charge on any atom is 0.305 e. The van der Waals surface area contributed by atoms with Crippen molar-refractivity contribution in [1.82, 2.24) is 4.57 Å². The lowest BCUT2D eigenvalue weighted by Crippen LogP contribution is -2.08. The Bertz CT molecular complexity index is 641. The van der Waals surface area contributed by atoms with Crippen molar-refractivity contribution in [1.29, 1.82) is 0 Å². The fraction of sp³-hybridized carbons (Fsp3) is 0.250. The van der Waals surface area contributed by atoms with E-state index in [4.69, 9.17) is 5.11 Å². The van der Waals surface area contributed by atoms with Gasteiger partial charge in [0.25, 0.3) is 0 Å². The summed E-state index contributed by atoms with van der Waals surface area (Å²) in [5.74, 6) is -0.852. The minimum Gasteiger partial charge on any atom is -0.481 e. The average molecular weight is 271 g/mol. The summed E-state index contributed by atoms with van der Waals surface area (Å²) in [7, 11) is 0. The molecule has 1 N–H and O–H groups in total. The first-order chi connectivity index (χ1) is 9.50. The number of carboxylic acids is 1. The van der Waals surface area contributed by atoms with Crippen LogP contribution < -0.4 is 0 Å². The molecule has 0 atom stereocenters. The average Bonchev–Trinajstić information content (AvgIpc) is 2.74. The highest BCUT2D eigenvalue weighted by Gasteiger charge is 2.16. The smallest absolute Gasteiger partial charge is 0.305 e. The van der Waals surface area contributed by atoms with Gasteiger partial charge in [-0.05, 0) is 25.5 Å². The molecule has 0 aliphatic rings. The Hall–Kier alpha value is -2.36. The molecule has 1 aromatic heterocycles. The van der Waals surface area contributed by atoms with Gasteiger partial charge in [0, 0.05) is 23.5 Å². The second-order valence-electron chi connectivity index (χ2n) is 4.75. The van der Waals surface area contributed by atoms with Crippen molar-refractivity contribution >= 4 is 11.8 Å². The van der Waals surface area contributed by atoms with Gasteiger partial charge >= 0.3 is 5.97 Å². The number of carboxylic acid groups (broad SMARTS) is 1. The molecule has 2 rings (SSSR count). The number of Topliss-reactive ketones (excluding diaryl/α,β-unsaturated/α-hetero) is 1. The molecule has 0 aliphatic carbocycles. The maximum absolute atomic E-state index is 11.7. The zero-order chi connectivity index (χ0) is 14.7. The van der Waals surface area contributed by atoms with Crippen LogP contribution >= 0.6 is 0 Å². The zero-order valence-electron chi connectivity index (χ0n) is 11.6. The van der Waals surface area contributed by atoms with E-state index in [9.17, 15) is 9.59 Å². The van der Waals surface area contributed by atoms with E-state index in [-0.39, 0.29) is 12.2 Å². The van der Waals surface area contributed by atoms with Crippen LogP contribution in [0.25, 0.3) is 11.3 Å². The SMILES string of the molecule is CC(=O)c1cc(-c2ccccc2)n(CCC(=O)O)c1C. The van der Waals surface area contributed by atoms with E-state index in [1.165, 1.54) is 6.92 Å². The topological polar surface area (TPSA) is 59.3 Å². The van der Waals surface area contributed by atoms with Crippen molar-refractivity contribution in [2.24, 2.45) is 0 Å². The number of hydrogen-bond acceptors (Lipinski definition) is 2. The summed E-state index contributed by atoms with van der Waals surface area (Å²) in [5, 5.41) is 8.86. The summed E-state index contributed by atoms with van der Waals surface area (Å²) in [6, 6.07) is 11.5. The molecule has 0 fully saturated rings. The number of nitrogens with zero attached hydrogens (tertiary/aromatic N) is 1. The normalized spacial score (nSPS) is 10.5. The molecular formula is C16H17NO3. The number of hydrogen-bond donors (Lipinski definition) is 1. The second kappa shape index (κ2) is 5.74. The molecule has 0 aliphatic heterocycles. The molecule has 0 radical (unpaired) electrons. The fourth-order valence-corrected chi connectivity index (χ4v) is 2.35. The summed E-state index contributed by atoms with van der Waals surface area (Å²) in [6.07, 6.45) is 0.0344. The summed E-state index contributed by atoms with van der Waals surface area (Å²) in [5.41, 5.74) is 3.33. The first kappa shape index (κ1) is 14.1. The summed E-state index contributed by atoms with van der Waals surface area (Å²) in [4.78, 5) is 22.5. The lowest BCUT2D eigenvalue weighted by Gasteiger charge is -2.10. The standard InChI is InChI=1S/C16H17NO3/c1-11-14(12(2)18)10-15(13-6-4-3-5-7-13)17(11)9-8-16(19)20/h3-7,10H,8-9H2,1-2H3,(H,19,20). The van der Waals surface area contributed by atoms with Crippen molar-refractivity contribution in [2.75, 3.05) is 0 Å². The lowest BCUT2D eigenvalue weighted by atomic mass is 10.1. The largest absolute Gasteiger partial charge is 0.481 e. The molecular weight excluding hydrogens is 254 g/mol. The van der Waals surface area contributed by atoms with Crippen LogP contribution in [0, 0.1) is 6.92 Å². The number of ketones is 1. The highest BCUT2D eigenvalue weighted by molar-refractivity contribution is 5.96. The number of rotatable bonds is 5. The van der Waals surface area contributed by atoms with Gasteiger partial charge in [-0.3, -0.25) is 9.59 Å². The number of carbonyl (C=O) groups is 2. The molecule has 20 heavy (non-hydrogen) atoms. The Morgan fingerprint density at radius 3 is 2.40 bits per heavy atom. The van der Waals surface area contributed by atoms with Crippen LogP contribution in [0.5, 0.6) is 0 Å². The highest BCUT2D eigenvalue weighted by Crippen LogP contribution is 2.26. The third-order valence-electron chi connectivity index (χ3n) is 3.36. The summed E-state index contributed by atoms with van der Waals surface area (Å²) in [6.45, 7) is 3.74. The second-order valence-corrected chi connectivity index (χ2v) is 4.75. The van der Waals surface area contributed by atoms with Crippen LogP contribution in [0.4, 0.5) is 0 Å². The molecule has 1 aromatic carbocycles. The third-order valence-corrected chi connectivity index (χ3v) is 3.36. The Balaban J connectivity index is 2.51. The van der Waals surface area contributed by atoms with Crippen LogP contribution in [0.15, 0.2) is 36.4 Å². The van der Waals surface area contributed by atoms with Gasteiger partial charge in [-0.1, -0.05) is 30.3 Å². The van der Waals surface area contributed by atoms with E-state index in [1.807, 2.05) is 47.9 Å². The molecule has 4 heteroatoms. The minimum absolute atomic E-state index is 0.00578. The summed E-state index contributed by atoms with van der Waals surface area (Å²) >= 11 is 0. The number of aliphatic carboxylic acids is 1. The van der Waals surface area contributed by atoms with Gasteiger partial charge < -0.3 is 9.67 Å². The monoisotopic (exact) mass is 271 g/mol. The van der Waals surface area contributed by atoms with Crippen molar-refractivity contribution in [3.05, 3.63) is 47.7 Å². The Kier molecular flexibility index (Phi) is 4.03. The highest BCUT2D eigenvalue weighted by atomic mass is 16.4. The van der Waals surface area contributed by atoms with E-state index in [2.05, 4.69) is 0 Å². The van der Waals surface area contributed by atoms with Crippen molar-refractivity contribution < 1.29 is 14.7 Å². The van der Waals surface area contributed by atoms with Crippen molar-refractivity contribution in [2.45, 2.75) is 26.8 Å². The first-order valence-corrected chi connectivity index (χ1v) is 6.49. The number of carbonyl (C=O) groups excluding carboxylic acids is 1. The van der Waals surface area contributed by atoms with Crippen molar-refractivity contribution in [3.63, 3.8) is 0 Å². The van der Waals surface area contributed by atoms with Gasteiger partial charge in [0.15, 0.2) is 5.78 Å². The molecule has 0 amide bonds. The van der Waals surface area contributed by atoms with E-state index in [0.717, 1.165) is 17.0 Å². The predicted molar refractivity (Wildman–Crippen MR) is 76.9 cm³/mol. The van der Waals surface area contributed by atoms with E-state index in [0.29, 0.717) is 12.1 Å². The molecule has 0 saturated heterocycles. The van der Waals surface area contributed by atoms with E-state index in [1.54, 1.807) is 0 Å². The molecule has 0 unspecified atom stereocenters. The first-order valence-electron chi connectivity index (χ1n) is 6.49. The van der Waals surface area contributed by atoms with Crippen LogP contribution in [0.3, 0.4) is 0 Å². The minimum atomic E-state index is -0.846.